The van der Waals surface area contributed by atoms with Crippen molar-refractivity contribution in [1.29, 1.82) is 0 Å². The first-order valence-corrected chi connectivity index (χ1v) is 4.87. The summed E-state index contributed by atoms with van der Waals surface area (Å²) in [6.45, 7) is 4.87. The highest BCUT2D eigenvalue weighted by Gasteiger charge is 2.37. The molecule has 1 heterocycles. The molecule has 0 radical (unpaired) electrons. The number of rotatable bonds is 4. The number of imide groups is 1. The Hall–Kier alpha value is -1.10. The van der Waals surface area contributed by atoms with Gasteiger partial charge in [0.1, 0.15) is 6.04 Å². The average Bonchev–Trinajstić information content (AvgIpc) is 2.31. The van der Waals surface area contributed by atoms with Crippen LogP contribution in [0.3, 0.4) is 0 Å². The van der Waals surface area contributed by atoms with Crippen molar-refractivity contribution in [3.63, 3.8) is 0 Å². The van der Waals surface area contributed by atoms with Gasteiger partial charge < -0.3 is 10.6 Å². The van der Waals surface area contributed by atoms with Crippen LogP contribution in [0.4, 0.5) is 4.79 Å². The molecule has 0 bridgehead atoms. The highest BCUT2D eigenvalue weighted by Crippen LogP contribution is 2.16. The van der Waals surface area contributed by atoms with E-state index in [1.165, 1.54) is 4.90 Å². The summed E-state index contributed by atoms with van der Waals surface area (Å²) in [5.41, 5.74) is 5.38. The lowest BCUT2D eigenvalue weighted by atomic mass is 10.0. The number of amides is 3. The Kier molecular flexibility index (Phi) is 3.46. The predicted molar refractivity (Wildman–Crippen MR) is 52.5 cm³/mol. The minimum atomic E-state index is -0.328. The number of carbonyl (C=O) groups excluding carboxylic acids is 2. The van der Waals surface area contributed by atoms with Crippen molar-refractivity contribution in [1.82, 2.24) is 10.2 Å². The van der Waals surface area contributed by atoms with Gasteiger partial charge >= 0.3 is 6.03 Å². The Morgan fingerprint density at radius 3 is 2.64 bits per heavy atom. The van der Waals surface area contributed by atoms with Crippen molar-refractivity contribution in [2.45, 2.75) is 26.3 Å². The van der Waals surface area contributed by atoms with Crippen molar-refractivity contribution in [3.05, 3.63) is 0 Å². The second-order valence-electron chi connectivity index (χ2n) is 3.92. The molecule has 3 N–H and O–H groups in total. The molecule has 1 unspecified atom stereocenters. The fraction of sp³-hybridized carbons (Fsp3) is 0.778. The van der Waals surface area contributed by atoms with E-state index in [1.54, 1.807) is 0 Å². The second kappa shape index (κ2) is 4.41. The number of nitrogens with one attached hydrogen (secondary N) is 1. The molecule has 1 aliphatic heterocycles. The topological polar surface area (TPSA) is 75.4 Å². The molecule has 3 amide bonds. The normalized spacial score (nSPS) is 22.0. The smallest absolute Gasteiger partial charge is 0.324 e. The third-order valence-electron chi connectivity index (χ3n) is 2.23. The summed E-state index contributed by atoms with van der Waals surface area (Å²) >= 11 is 0. The van der Waals surface area contributed by atoms with Gasteiger partial charge in [0.05, 0.1) is 0 Å². The third kappa shape index (κ3) is 2.23. The SMILES string of the molecule is CC(C)CC1C(=O)NC(=O)N1CCN. The molecule has 1 saturated heterocycles. The number of nitrogens with zero attached hydrogens (tertiary/aromatic N) is 1. The number of carbonyl (C=O) groups is 2. The Morgan fingerprint density at radius 2 is 2.14 bits per heavy atom. The van der Waals surface area contributed by atoms with Gasteiger partial charge in [-0.05, 0) is 12.3 Å². The number of urea groups is 1. The summed E-state index contributed by atoms with van der Waals surface area (Å²) in [5.74, 6) is 0.189. The highest BCUT2D eigenvalue weighted by atomic mass is 16.2. The lowest BCUT2D eigenvalue weighted by Gasteiger charge is -2.22. The molecule has 1 fully saturated rings. The van der Waals surface area contributed by atoms with Crippen molar-refractivity contribution in [2.75, 3.05) is 13.1 Å². The van der Waals surface area contributed by atoms with E-state index in [2.05, 4.69) is 5.32 Å². The molecule has 0 aliphatic carbocycles. The molecule has 80 valence electrons. The van der Waals surface area contributed by atoms with Crippen molar-refractivity contribution < 1.29 is 9.59 Å². The highest BCUT2D eigenvalue weighted by molar-refractivity contribution is 6.04. The Bertz CT molecular complexity index is 240. The maximum absolute atomic E-state index is 11.4. The van der Waals surface area contributed by atoms with E-state index in [1.807, 2.05) is 13.8 Å². The molecule has 1 rings (SSSR count). The molecular weight excluding hydrogens is 182 g/mol. The Labute approximate surface area is 83.6 Å². The van der Waals surface area contributed by atoms with Crippen LogP contribution < -0.4 is 11.1 Å². The van der Waals surface area contributed by atoms with Gasteiger partial charge in [0, 0.05) is 13.1 Å². The average molecular weight is 199 g/mol. The van der Waals surface area contributed by atoms with Gasteiger partial charge in [0.2, 0.25) is 0 Å². The molecule has 0 aromatic rings. The van der Waals surface area contributed by atoms with Gasteiger partial charge in [0.15, 0.2) is 0 Å². The monoisotopic (exact) mass is 199 g/mol. The molecule has 0 aromatic carbocycles. The standard InChI is InChI=1S/C9H17N3O2/c1-6(2)5-7-8(13)11-9(14)12(7)4-3-10/h6-7H,3-5,10H2,1-2H3,(H,11,13,14). The van der Waals surface area contributed by atoms with Gasteiger partial charge in [-0.25, -0.2) is 4.79 Å². The zero-order valence-corrected chi connectivity index (χ0v) is 8.62. The van der Waals surface area contributed by atoms with Crippen LogP contribution in [0.15, 0.2) is 0 Å². The fourth-order valence-electron chi connectivity index (χ4n) is 1.62. The first-order chi connectivity index (χ1) is 6.56. The van der Waals surface area contributed by atoms with Crippen molar-refractivity contribution in [2.24, 2.45) is 11.7 Å². The van der Waals surface area contributed by atoms with Crippen molar-refractivity contribution in [3.8, 4) is 0 Å². The first-order valence-electron chi connectivity index (χ1n) is 4.87. The summed E-state index contributed by atoms with van der Waals surface area (Å²) in [6, 6.07) is -0.642. The predicted octanol–water partition coefficient (Wildman–Crippen LogP) is -0.0884. The van der Waals surface area contributed by atoms with Crippen LogP contribution in [0.5, 0.6) is 0 Å². The van der Waals surface area contributed by atoms with Crippen LogP contribution in [0.1, 0.15) is 20.3 Å². The van der Waals surface area contributed by atoms with E-state index in [0.717, 1.165) is 0 Å². The summed E-state index contributed by atoms with van der Waals surface area (Å²) in [5, 5.41) is 2.30. The molecule has 14 heavy (non-hydrogen) atoms. The van der Waals surface area contributed by atoms with Gasteiger partial charge in [0.25, 0.3) is 5.91 Å². The largest absolute Gasteiger partial charge is 0.329 e. The molecule has 0 saturated carbocycles. The van der Waals surface area contributed by atoms with E-state index in [4.69, 9.17) is 5.73 Å². The minimum Gasteiger partial charge on any atom is -0.329 e. The third-order valence-corrected chi connectivity index (χ3v) is 2.23. The van der Waals surface area contributed by atoms with Crippen LogP contribution in [-0.4, -0.2) is 36.0 Å². The molecular formula is C9H17N3O2. The maximum atomic E-state index is 11.4. The number of hydrogen-bond acceptors (Lipinski definition) is 3. The van der Waals surface area contributed by atoms with Crippen molar-refractivity contribution >= 4 is 11.9 Å². The van der Waals surface area contributed by atoms with Crippen LogP contribution >= 0.6 is 0 Å². The lowest BCUT2D eigenvalue weighted by molar-refractivity contribution is -0.121. The number of hydrogen-bond donors (Lipinski definition) is 2. The summed E-state index contributed by atoms with van der Waals surface area (Å²) in [6.07, 6.45) is 0.692. The summed E-state index contributed by atoms with van der Waals surface area (Å²) in [4.78, 5) is 24.2. The maximum Gasteiger partial charge on any atom is 0.324 e. The fourth-order valence-corrected chi connectivity index (χ4v) is 1.62. The minimum absolute atomic E-state index is 0.197. The van der Waals surface area contributed by atoms with Gasteiger partial charge in [-0.1, -0.05) is 13.8 Å². The molecule has 1 atom stereocenters. The van der Waals surface area contributed by atoms with E-state index in [9.17, 15) is 9.59 Å². The van der Waals surface area contributed by atoms with Gasteiger partial charge in [-0.2, -0.15) is 0 Å². The van der Waals surface area contributed by atoms with Crippen LogP contribution in [0, 0.1) is 5.92 Å². The van der Waals surface area contributed by atoms with E-state index >= 15 is 0 Å². The molecule has 0 spiro atoms. The molecule has 5 heteroatoms. The summed E-state index contributed by atoms with van der Waals surface area (Å²) < 4.78 is 0. The van der Waals surface area contributed by atoms with E-state index < -0.39 is 0 Å². The molecule has 5 nitrogen and oxygen atoms in total. The Balaban J connectivity index is 2.67. The van der Waals surface area contributed by atoms with E-state index in [-0.39, 0.29) is 18.0 Å². The molecule has 1 aliphatic rings. The summed E-state index contributed by atoms with van der Waals surface area (Å²) in [7, 11) is 0. The quantitative estimate of drug-likeness (QED) is 0.621. The Morgan fingerprint density at radius 1 is 1.50 bits per heavy atom. The van der Waals surface area contributed by atoms with Crippen LogP contribution in [0.25, 0.3) is 0 Å². The molecule has 0 aromatic heterocycles. The first kappa shape index (κ1) is 11.0. The van der Waals surface area contributed by atoms with Gasteiger partial charge in [-0.3, -0.25) is 10.1 Å². The zero-order valence-electron chi connectivity index (χ0n) is 8.62. The lowest BCUT2D eigenvalue weighted by Crippen LogP contribution is -2.39. The zero-order chi connectivity index (χ0) is 10.7. The van der Waals surface area contributed by atoms with E-state index in [0.29, 0.717) is 25.4 Å². The number of nitrogens with two attached hydrogens (primary N) is 1. The van der Waals surface area contributed by atoms with Crippen LogP contribution in [0.2, 0.25) is 0 Å². The van der Waals surface area contributed by atoms with Gasteiger partial charge in [-0.15, -0.1) is 0 Å². The van der Waals surface area contributed by atoms with Crippen LogP contribution in [-0.2, 0) is 4.79 Å². The second-order valence-corrected chi connectivity index (χ2v) is 3.92.